The van der Waals surface area contributed by atoms with Crippen molar-refractivity contribution < 1.29 is 9.69 Å². The third kappa shape index (κ3) is 4.11. The van der Waals surface area contributed by atoms with Crippen LogP contribution < -0.4 is 15.1 Å². The zero-order valence-electron chi connectivity index (χ0n) is 11.3. The van der Waals surface area contributed by atoms with Gasteiger partial charge in [-0.1, -0.05) is 0 Å². The highest BCUT2D eigenvalue weighted by Gasteiger charge is 2.16. The molecule has 0 aliphatic carbocycles. The number of carbonyl (C=O) groups excluding carboxylic acids is 1. The molecule has 1 aliphatic heterocycles. The van der Waals surface area contributed by atoms with Gasteiger partial charge in [-0.3, -0.25) is 4.79 Å². The average Bonchev–Trinajstić information content (AvgIpc) is 2.41. The van der Waals surface area contributed by atoms with Crippen LogP contribution in [0, 0.1) is 0 Å². The van der Waals surface area contributed by atoms with Crippen molar-refractivity contribution >= 4 is 28.9 Å². The first-order chi connectivity index (χ1) is 9.19. The lowest BCUT2D eigenvalue weighted by Crippen LogP contribution is -3.12. The number of quaternary nitrogens is 1. The standard InChI is InChI=1S/C14H20ClN3O/c1-17-8-10-18(11-9-17)13-4-2-12(3-5-13)16-14(19)6-7-15/h2-5H,6-11H2,1H3,(H,16,19)/p+1. The molecule has 1 saturated heterocycles. The average molecular weight is 283 g/mol. The Kier molecular flexibility index (Phi) is 5.05. The number of hydrogen-bond acceptors (Lipinski definition) is 2. The second kappa shape index (κ2) is 6.78. The number of alkyl halides is 1. The smallest absolute Gasteiger partial charge is 0.225 e. The quantitative estimate of drug-likeness (QED) is 0.793. The molecule has 4 nitrogen and oxygen atoms in total. The van der Waals surface area contributed by atoms with Crippen molar-refractivity contribution in [3.05, 3.63) is 24.3 Å². The molecule has 1 aromatic carbocycles. The van der Waals surface area contributed by atoms with E-state index in [1.807, 2.05) is 12.1 Å². The minimum absolute atomic E-state index is 0.0362. The van der Waals surface area contributed by atoms with Crippen LogP contribution >= 0.6 is 11.6 Å². The van der Waals surface area contributed by atoms with Crippen LogP contribution in [0.1, 0.15) is 6.42 Å². The van der Waals surface area contributed by atoms with Gasteiger partial charge in [0.15, 0.2) is 0 Å². The van der Waals surface area contributed by atoms with Crippen molar-refractivity contribution in [3.8, 4) is 0 Å². The summed E-state index contributed by atoms with van der Waals surface area (Å²) in [5.74, 6) is 0.319. The summed E-state index contributed by atoms with van der Waals surface area (Å²) in [7, 11) is 2.23. The summed E-state index contributed by atoms with van der Waals surface area (Å²) in [5.41, 5.74) is 2.06. The van der Waals surface area contributed by atoms with Gasteiger partial charge in [-0.05, 0) is 24.3 Å². The number of rotatable bonds is 4. The lowest BCUT2D eigenvalue weighted by atomic mass is 10.2. The molecule has 2 N–H and O–H groups in total. The zero-order valence-corrected chi connectivity index (χ0v) is 12.0. The number of piperazine rings is 1. The molecule has 0 unspecified atom stereocenters. The van der Waals surface area contributed by atoms with E-state index in [1.54, 1.807) is 4.90 Å². The topological polar surface area (TPSA) is 36.8 Å². The molecule has 0 bridgehead atoms. The minimum Gasteiger partial charge on any atom is -0.360 e. The summed E-state index contributed by atoms with van der Waals surface area (Å²) in [6.45, 7) is 4.52. The van der Waals surface area contributed by atoms with E-state index in [1.165, 1.54) is 18.8 Å². The highest BCUT2D eigenvalue weighted by molar-refractivity contribution is 6.19. The monoisotopic (exact) mass is 282 g/mol. The molecule has 0 saturated carbocycles. The molecular formula is C14H21ClN3O+. The number of benzene rings is 1. The van der Waals surface area contributed by atoms with E-state index < -0.39 is 0 Å². The lowest BCUT2D eigenvalue weighted by molar-refractivity contribution is -0.880. The fraction of sp³-hybridized carbons (Fsp3) is 0.500. The Morgan fingerprint density at radius 2 is 1.95 bits per heavy atom. The van der Waals surface area contributed by atoms with Crippen molar-refractivity contribution in [2.75, 3.05) is 49.3 Å². The SMILES string of the molecule is C[NH+]1CCN(c2ccc(NC(=O)CCCl)cc2)CC1. The molecule has 1 aromatic rings. The maximum Gasteiger partial charge on any atom is 0.225 e. The summed E-state index contributed by atoms with van der Waals surface area (Å²) < 4.78 is 0. The van der Waals surface area contributed by atoms with E-state index in [4.69, 9.17) is 11.6 Å². The third-order valence-electron chi connectivity index (χ3n) is 3.45. The molecule has 0 aromatic heterocycles. The second-order valence-corrected chi connectivity index (χ2v) is 5.36. The third-order valence-corrected chi connectivity index (χ3v) is 3.64. The van der Waals surface area contributed by atoms with Crippen molar-refractivity contribution in [2.24, 2.45) is 0 Å². The first kappa shape index (κ1) is 14.2. The van der Waals surface area contributed by atoms with Crippen LogP contribution in [-0.4, -0.2) is 45.0 Å². The van der Waals surface area contributed by atoms with E-state index in [2.05, 4.69) is 29.4 Å². The van der Waals surface area contributed by atoms with Gasteiger partial charge in [0.2, 0.25) is 5.91 Å². The van der Waals surface area contributed by atoms with Crippen molar-refractivity contribution in [3.63, 3.8) is 0 Å². The number of amides is 1. The van der Waals surface area contributed by atoms with Crippen LogP contribution in [0.5, 0.6) is 0 Å². The van der Waals surface area contributed by atoms with Gasteiger partial charge >= 0.3 is 0 Å². The molecule has 2 rings (SSSR count). The molecule has 0 spiro atoms. The number of carbonyl (C=O) groups is 1. The second-order valence-electron chi connectivity index (χ2n) is 4.98. The fourth-order valence-electron chi connectivity index (χ4n) is 2.21. The van der Waals surface area contributed by atoms with Crippen LogP contribution in [-0.2, 0) is 4.79 Å². The summed E-state index contributed by atoms with van der Waals surface area (Å²) >= 11 is 5.53. The summed E-state index contributed by atoms with van der Waals surface area (Å²) in [6.07, 6.45) is 0.352. The predicted molar refractivity (Wildman–Crippen MR) is 79.2 cm³/mol. The number of likely N-dealkylation sites (N-methyl/N-ethyl adjacent to an activating group) is 1. The molecule has 1 aliphatic rings. The Balaban J connectivity index is 1.92. The molecule has 5 heteroatoms. The van der Waals surface area contributed by atoms with Crippen molar-refractivity contribution in [2.45, 2.75) is 6.42 Å². The highest BCUT2D eigenvalue weighted by Crippen LogP contribution is 2.18. The molecule has 1 heterocycles. The molecular weight excluding hydrogens is 262 g/mol. The summed E-state index contributed by atoms with van der Waals surface area (Å²) in [4.78, 5) is 15.4. The van der Waals surface area contributed by atoms with E-state index >= 15 is 0 Å². The number of nitrogens with one attached hydrogen (secondary N) is 2. The zero-order chi connectivity index (χ0) is 13.7. The van der Waals surface area contributed by atoms with Crippen LogP contribution in [0.15, 0.2) is 24.3 Å². The number of nitrogens with zero attached hydrogens (tertiary/aromatic N) is 1. The van der Waals surface area contributed by atoms with E-state index in [-0.39, 0.29) is 5.91 Å². The van der Waals surface area contributed by atoms with Gasteiger partial charge in [-0.15, -0.1) is 11.6 Å². The molecule has 1 amide bonds. The lowest BCUT2D eigenvalue weighted by Gasteiger charge is -2.31. The van der Waals surface area contributed by atoms with Crippen LogP contribution in [0.2, 0.25) is 0 Å². The number of halogens is 1. The first-order valence-electron chi connectivity index (χ1n) is 6.71. The van der Waals surface area contributed by atoms with Gasteiger partial charge in [0.25, 0.3) is 0 Å². The van der Waals surface area contributed by atoms with Crippen molar-refractivity contribution in [1.29, 1.82) is 0 Å². The number of hydrogen-bond donors (Lipinski definition) is 2. The van der Waals surface area contributed by atoms with Gasteiger partial charge in [0, 0.05) is 23.7 Å². The highest BCUT2D eigenvalue weighted by atomic mass is 35.5. The predicted octanol–water partition coefficient (Wildman–Crippen LogP) is 0.589. The number of anilines is 2. The molecule has 0 atom stereocenters. The van der Waals surface area contributed by atoms with E-state index in [0.717, 1.165) is 18.8 Å². The molecule has 1 fully saturated rings. The van der Waals surface area contributed by atoms with Gasteiger partial charge in [-0.25, -0.2) is 0 Å². The maximum absolute atomic E-state index is 11.4. The Hall–Kier alpha value is -1.26. The largest absolute Gasteiger partial charge is 0.360 e. The molecule has 0 radical (unpaired) electrons. The van der Waals surface area contributed by atoms with Gasteiger partial charge in [-0.2, -0.15) is 0 Å². The van der Waals surface area contributed by atoms with Crippen LogP contribution in [0.4, 0.5) is 11.4 Å². The van der Waals surface area contributed by atoms with Crippen molar-refractivity contribution in [1.82, 2.24) is 0 Å². The maximum atomic E-state index is 11.4. The van der Waals surface area contributed by atoms with Gasteiger partial charge < -0.3 is 15.1 Å². The Morgan fingerprint density at radius 3 is 2.53 bits per heavy atom. The fourth-order valence-corrected chi connectivity index (χ4v) is 2.38. The summed E-state index contributed by atoms with van der Waals surface area (Å²) in [6, 6.07) is 8.03. The Bertz CT molecular complexity index is 413. The summed E-state index contributed by atoms with van der Waals surface area (Å²) in [5, 5.41) is 2.83. The Labute approximate surface area is 119 Å². The van der Waals surface area contributed by atoms with Gasteiger partial charge in [0.05, 0.1) is 33.2 Å². The van der Waals surface area contributed by atoms with Crippen LogP contribution in [0.25, 0.3) is 0 Å². The molecule has 19 heavy (non-hydrogen) atoms. The molecule has 104 valence electrons. The van der Waals surface area contributed by atoms with E-state index in [9.17, 15) is 4.79 Å². The normalized spacial score (nSPS) is 16.4. The minimum atomic E-state index is -0.0362. The first-order valence-corrected chi connectivity index (χ1v) is 7.24. The van der Waals surface area contributed by atoms with Gasteiger partial charge in [0.1, 0.15) is 0 Å². The van der Waals surface area contributed by atoms with E-state index in [0.29, 0.717) is 12.3 Å². The Morgan fingerprint density at radius 1 is 1.32 bits per heavy atom. The van der Waals surface area contributed by atoms with Crippen LogP contribution in [0.3, 0.4) is 0 Å².